The first-order valence-corrected chi connectivity index (χ1v) is 4.95. The van der Waals surface area contributed by atoms with Gasteiger partial charge in [-0.25, -0.2) is 4.98 Å². The first-order valence-electron chi connectivity index (χ1n) is 4.95. The number of rotatable bonds is 5. The Morgan fingerprint density at radius 3 is 3.00 bits per heavy atom. The molecule has 1 unspecified atom stereocenters. The second kappa shape index (κ2) is 5.77. The average molecular weight is 236 g/mol. The third kappa shape index (κ3) is 3.12. The van der Waals surface area contributed by atoms with Crippen molar-refractivity contribution in [3.05, 3.63) is 27.9 Å². The highest BCUT2D eigenvalue weighted by molar-refractivity contribution is 5.54. The molecule has 0 aliphatic carbocycles. The molecular weight excluding hydrogens is 224 g/mol. The maximum absolute atomic E-state index is 10.9. The van der Waals surface area contributed by atoms with Gasteiger partial charge in [-0.15, -0.1) is 0 Å². The van der Waals surface area contributed by atoms with Crippen LogP contribution in [0.15, 0.2) is 12.3 Å². The molecule has 1 heterocycles. The van der Waals surface area contributed by atoms with Crippen LogP contribution in [0, 0.1) is 21.4 Å². The summed E-state index contributed by atoms with van der Waals surface area (Å²) in [6.07, 6.45) is 1.03. The lowest BCUT2D eigenvalue weighted by Crippen LogP contribution is -2.26. The molecule has 0 saturated carbocycles. The number of nitro groups is 1. The number of hydrogen-bond acceptors (Lipinski definition) is 6. The summed E-state index contributed by atoms with van der Waals surface area (Å²) in [5.74, 6) is -0.128. The fraction of sp³-hybridized carbons (Fsp3) is 0.400. The van der Waals surface area contributed by atoms with Gasteiger partial charge in [0.2, 0.25) is 0 Å². The van der Waals surface area contributed by atoms with Crippen LogP contribution in [0.3, 0.4) is 0 Å². The maximum Gasteiger partial charge on any atom is 0.348 e. The van der Waals surface area contributed by atoms with E-state index in [0.717, 1.165) is 0 Å². The van der Waals surface area contributed by atoms with Crippen LogP contribution in [0.25, 0.3) is 0 Å². The number of nitrogens with zero attached hydrogens (tertiary/aromatic N) is 3. The van der Waals surface area contributed by atoms with E-state index < -0.39 is 10.6 Å². The van der Waals surface area contributed by atoms with E-state index in [9.17, 15) is 10.1 Å². The van der Waals surface area contributed by atoms with Gasteiger partial charge in [0.25, 0.3) is 5.88 Å². The molecule has 0 bridgehead atoms. The average Bonchev–Trinajstić information content (AvgIpc) is 2.28. The predicted molar refractivity (Wildman–Crippen MR) is 59.6 cm³/mol. The molecule has 1 rings (SSSR count). The maximum atomic E-state index is 10.9. The highest BCUT2D eigenvalue weighted by atomic mass is 16.6. The van der Waals surface area contributed by atoms with Gasteiger partial charge in [0, 0.05) is 12.7 Å². The third-order valence-electron chi connectivity index (χ3n) is 2.00. The Balaban J connectivity index is 3.07. The number of likely N-dealkylation sites (N-methyl/N-ethyl adjacent to an activating group) is 1. The number of hydrogen-bond donors (Lipinski definition) is 1. The van der Waals surface area contributed by atoms with Gasteiger partial charge in [-0.05, 0) is 20.0 Å². The number of pyridine rings is 1. The van der Waals surface area contributed by atoms with Gasteiger partial charge >= 0.3 is 5.69 Å². The highest BCUT2D eigenvalue weighted by Gasteiger charge is 2.23. The molecule has 1 N–H and O–H groups in total. The van der Waals surface area contributed by atoms with Crippen LogP contribution in [0.1, 0.15) is 12.5 Å². The van der Waals surface area contributed by atoms with Gasteiger partial charge in [-0.2, -0.15) is 5.26 Å². The van der Waals surface area contributed by atoms with Crippen molar-refractivity contribution in [2.45, 2.75) is 13.0 Å². The summed E-state index contributed by atoms with van der Waals surface area (Å²) in [6.45, 7) is 2.27. The van der Waals surface area contributed by atoms with Crippen molar-refractivity contribution >= 4 is 5.69 Å². The van der Waals surface area contributed by atoms with E-state index in [1.165, 1.54) is 12.3 Å². The van der Waals surface area contributed by atoms with E-state index in [4.69, 9.17) is 10.00 Å². The molecule has 0 saturated heterocycles. The summed E-state index contributed by atoms with van der Waals surface area (Å²) in [5, 5.41) is 22.5. The Morgan fingerprint density at radius 2 is 2.47 bits per heavy atom. The van der Waals surface area contributed by atoms with Crippen molar-refractivity contribution < 1.29 is 9.66 Å². The fourth-order valence-corrected chi connectivity index (χ4v) is 1.31. The van der Waals surface area contributed by atoms with E-state index in [0.29, 0.717) is 6.54 Å². The van der Waals surface area contributed by atoms with Crippen molar-refractivity contribution in [1.82, 2.24) is 10.3 Å². The predicted octanol–water partition coefficient (Wildman–Crippen LogP) is 0.848. The lowest BCUT2D eigenvalue weighted by molar-refractivity contribution is -0.386. The fourth-order valence-electron chi connectivity index (χ4n) is 1.31. The first kappa shape index (κ1) is 12.9. The van der Waals surface area contributed by atoms with Gasteiger partial charge in [-0.1, -0.05) is 0 Å². The number of ether oxygens (including phenoxy) is 1. The second-order valence-electron chi connectivity index (χ2n) is 3.37. The van der Waals surface area contributed by atoms with Crippen molar-refractivity contribution in [3.8, 4) is 11.9 Å². The largest absolute Gasteiger partial charge is 0.468 e. The molecule has 0 radical (unpaired) electrons. The monoisotopic (exact) mass is 236 g/mol. The molecule has 0 aliphatic heterocycles. The normalized spacial score (nSPS) is 11.6. The van der Waals surface area contributed by atoms with Crippen molar-refractivity contribution in [2.24, 2.45) is 0 Å². The molecule has 90 valence electrons. The molecule has 0 amide bonds. The van der Waals surface area contributed by atoms with Crippen molar-refractivity contribution in [3.63, 3.8) is 0 Å². The smallest absolute Gasteiger partial charge is 0.348 e. The van der Waals surface area contributed by atoms with Gasteiger partial charge in [-0.3, -0.25) is 10.1 Å². The van der Waals surface area contributed by atoms with Crippen LogP contribution in [0.4, 0.5) is 5.69 Å². The van der Waals surface area contributed by atoms with Crippen LogP contribution < -0.4 is 10.1 Å². The molecule has 7 heteroatoms. The lowest BCUT2D eigenvalue weighted by atomic mass is 10.2. The van der Waals surface area contributed by atoms with Crippen LogP contribution in [-0.4, -0.2) is 29.6 Å². The van der Waals surface area contributed by atoms with Crippen molar-refractivity contribution in [2.75, 3.05) is 13.6 Å². The Hall–Kier alpha value is -2.20. The summed E-state index contributed by atoms with van der Waals surface area (Å²) in [4.78, 5) is 14.0. The van der Waals surface area contributed by atoms with Crippen molar-refractivity contribution in [1.29, 1.82) is 5.26 Å². The molecule has 17 heavy (non-hydrogen) atoms. The Bertz CT molecular complexity index is 455. The minimum absolute atomic E-state index is 0.0587. The molecule has 7 nitrogen and oxygen atoms in total. The second-order valence-corrected chi connectivity index (χ2v) is 3.37. The summed E-state index contributed by atoms with van der Waals surface area (Å²) in [6, 6.07) is 3.03. The zero-order chi connectivity index (χ0) is 12.8. The molecule has 0 spiro atoms. The SMILES string of the molecule is CNCC(C)Oc1nccc(C#N)c1[N+](=O)[O-]. The third-order valence-corrected chi connectivity index (χ3v) is 2.00. The molecule has 1 aromatic heterocycles. The summed E-state index contributed by atoms with van der Waals surface area (Å²) >= 11 is 0. The minimum Gasteiger partial charge on any atom is -0.468 e. The van der Waals surface area contributed by atoms with Crippen LogP contribution in [0.2, 0.25) is 0 Å². The molecule has 1 atom stereocenters. The van der Waals surface area contributed by atoms with E-state index in [1.807, 2.05) is 0 Å². The molecule has 0 fully saturated rings. The zero-order valence-corrected chi connectivity index (χ0v) is 9.51. The Morgan fingerprint density at radius 1 is 1.76 bits per heavy atom. The number of aromatic nitrogens is 1. The molecule has 1 aromatic rings. The van der Waals surface area contributed by atoms with Crippen LogP contribution in [-0.2, 0) is 0 Å². The van der Waals surface area contributed by atoms with E-state index in [1.54, 1.807) is 20.0 Å². The zero-order valence-electron chi connectivity index (χ0n) is 9.51. The molecule has 0 aromatic carbocycles. The summed E-state index contributed by atoms with van der Waals surface area (Å²) in [5.41, 5.74) is -0.449. The van der Waals surface area contributed by atoms with Gasteiger partial charge < -0.3 is 10.1 Å². The first-order chi connectivity index (χ1) is 8.10. The number of nitrogens with one attached hydrogen (secondary N) is 1. The minimum atomic E-state index is -0.660. The standard InChI is InChI=1S/C10H12N4O3/c1-7(6-12-2)17-10-9(14(15)16)8(5-11)3-4-13-10/h3-4,7,12H,6H2,1-2H3. The van der Waals surface area contributed by atoms with Gasteiger partial charge in [0.15, 0.2) is 0 Å². The lowest BCUT2D eigenvalue weighted by Gasteiger charge is -2.13. The Labute approximate surface area is 98.2 Å². The van der Waals surface area contributed by atoms with Crippen LogP contribution >= 0.6 is 0 Å². The van der Waals surface area contributed by atoms with Crippen LogP contribution in [0.5, 0.6) is 5.88 Å². The molecule has 0 aliphatic rings. The topological polar surface area (TPSA) is 101 Å². The highest BCUT2D eigenvalue weighted by Crippen LogP contribution is 2.28. The summed E-state index contributed by atoms with van der Waals surface area (Å²) < 4.78 is 5.32. The quantitative estimate of drug-likeness (QED) is 0.600. The molecular formula is C10H12N4O3. The van der Waals surface area contributed by atoms with Gasteiger partial charge in [0.1, 0.15) is 17.7 Å². The number of nitriles is 1. The van der Waals surface area contributed by atoms with Gasteiger partial charge in [0.05, 0.1) is 4.92 Å². The van der Waals surface area contributed by atoms with E-state index in [-0.39, 0.29) is 17.5 Å². The van der Waals surface area contributed by atoms with E-state index >= 15 is 0 Å². The summed E-state index contributed by atoms with van der Waals surface area (Å²) in [7, 11) is 1.74. The Kier molecular flexibility index (Phi) is 4.37. The van der Waals surface area contributed by atoms with E-state index in [2.05, 4.69) is 10.3 Å².